The number of hydrogen-bond donors (Lipinski definition) is 1. The summed E-state index contributed by atoms with van der Waals surface area (Å²) in [6.45, 7) is 3.51. The van der Waals surface area contributed by atoms with E-state index in [1.165, 1.54) is 12.8 Å². The molecule has 2 fully saturated rings. The fourth-order valence-corrected chi connectivity index (χ4v) is 4.85. The maximum absolute atomic E-state index is 13.5. The zero-order valence-electron chi connectivity index (χ0n) is 16.4. The van der Waals surface area contributed by atoms with E-state index in [4.69, 9.17) is 9.97 Å². The van der Waals surface area contributed by atoms with Crippen molar-refractivity contribution in [3.05, 3.63) is 35.2 Å². The summed E-state index contributed by atoms with van der Waals surface area (Å²) in [4.78, 5) is 35.1. The Morgan fingerprint density at radius 2 is 1.89 bits per heavy atom. The van der Waals surface area contributed by atoms with Gasteiger partial charge in [-0.1, -0.05) is 0 Å². The topological polar surface area (TPSA) is 78.0 Å². The molecule has 5 rings (SSSR count). The molecule has 2 saturated heterocycles. The molecule has 0 spiro atoms. The smallest absolute Gasteiger partial charge is 0.272 e. The number of aryl methyl sites for hydroxylation is 1. The summed E-state index contributed by atoms with van der Waals surface area (Å²) in [6, 6.07) is 0. The number of anilines is 1. The summed E-state index contributed by atoms with van der Waals surface area (Å²) in [5, 5.41) is 0. The third-order valence-corrected chi connectivity index (χ3v) is 6.38. The highest BCUT2D eigenvalue weighted by molar-refractivity contribution is 5.94. The number of nitrogens with one attached hydrogen (secondary N) is 1. The number of rotatable bonds is 3. The number of likely N-dealkylation sites (tertiary alicyclic amines) is 1. The molecule has 2 aromatic heterocycles. The van der Waals surface area contributed by atoms with Crippen molar-refractivity contribution in [2.75, 3.05) is 31.1 Å². The zero-order chi connectivity index (χ0) is 18.9. The summed E-state index contributed by atoms with van der Waals surface area (Å²) in [5.74, 6) is 2.11. The van der Waals surface area contributed by atoms with Gasteiger partial charge >= 0.3 is 0 Å². The molecule has 4 heterocycles. The third-order valence-electron chi connectivity index (χ3n) is 6.38. The van der Waals surface area contributed by atoms with Crippen molar-refractivity contribution in [3.8, 4) is 0 Å². The van der Waals surface area contributed by atoms with Crippen LogP contribution in [0.25, 0.3) is 0 Å². The van der Waals surface area contributed by atoms with Gasteiger partial charge in [0.05, 0.1) is 0 Å². The predicted molar refractivity (Wildman–Crippen MR) is 107 cm³/mol. The van der Waals surface area contributed by atoms with Crippen LogP contribution in [-0.2, 0) is 12.8 Å². The van der Waals surface area contributed by atoms with Crippen molar-refractivity contribution in [2.45, 2.75) is 57.3 Å². The Bertz CT molecular complexity index is 843. The van der Waals surface area contributed by atoms with E-state index in [1.54, 1.807) is 6.20 Å². The van der Waals surface area contributed by atoms with Crippen LogP contribution in [0.2, 0.25) is 0 Å². The highest BCUT2D eigenvalue weighted by Gasteiger charge is 2.31. The van der Waals surface area contributed by atoms with E-state index in [-0.39, 0.29) is 11.8 Å². The molecule has 148 valence electrons. The Kier molecular flexibility index (Phi) is 4.74. The van der Waals surface area contributed by atoms with Crippen LogP contribution >= 0.6 is 0 Å². The van der Waals surface area contributed by atoms with Crippen molar-refractivity contribution in [1.82, 2.24) is 24.8 Å². The van der Waals surface area contributed by atoms with Crippen LogP contribution in [0.5, 0.6) is 0 Å². The zero-order valence-corrected chi connectivity index (χ0v) is 16.4. The molecule has 0 bridgehead atoms. The quantitative estimate of drug-likeness (QED) is 0.886. The summed E-state index contributed by atoms with van der Waals surface area (Å²) < 4.78 is 0. The largest absolute Gasteiger partial charge is 0.348 e. The van der Waals surface area contributed by atoms with E-state index in [2.05, 4.69) is 14.9 Å². The second-order valence-electron chi connectivity index (χ2n) is 8.26. The molecule has 1 aliphatic carbocycles. The Morgan fingerprint density at radius 3 is 2.71 bits per heavy atom. The molecule has 2 aromatic rings. The first-order valence-electron chi connectivity index (χ1n) is 10.7. The molecule has 0 radical (unpaired) electrons. The Hall–Kier alpha value is -2.44. The maximum atomic E-state index is 13.5. The number of piperidine rings is 1. The minimum Gasteiger partial charge on any atom is -0.348 e. The van der Waals surface area contributed by atoms with Gasteiger partial charge in [-0.15, -0.1) is 0 Å². The minimum absolute atomic E-state index is 0.0808. The lowest BCUT2D eigenvalue weighted by Crippen LogP contribution is -2.40. The van der Waals surface area contributed by atoms with Crippen LogP contribution in [0.3, 0.4) is 0 Å². The van der Waals surface area contributed by atoms with Gasteiger partial charge in [0.15, 0.2) is 0 Å². The normalized spacial score (nSPS) is 22.4. The van der Waals surface area contributed by atoms with Crippen molar-refractivity contribution in [2.24, 2.45) is 0 Å². The number of imidazole rings is 1. The monoisotopic (exact) mass is 380 g/mol. The molecule has 28 heavy (non-hydrogen) atoms. The fraction of sp³-hybridized carbons (Fsp3) is 0.619. The van der Waals surface area contributed by atoms with Crippen LogP contribution in [0.4, 0.5) is 5.95 Å². The second kappa shape index (κ2) is 7.53. The Balaban J connectivity index is 1.45. The number of fused-ring (bicyclic) bond motifs is 1. The SMILES string of the molecule is O=C(c1nc(N2CCCC2)nc2c1CCCC2)N1CCC[C@@H](c2ncc[nH]2)C1. The molecule has 1 N–H and O–H groups in total. The number of amides is 1. The number of carbonyl (C=O) groups is 1. The van der Waals surface area contributed by atoms with Gasteiger partial charge in [-0.25, -0.2) is 15.0 Å². The standard InChI is InChI=1S/C21H28N6O/c28-20(27-13-5-6-15(14-27)19-22-9-10-23-19)18-16-7-1-2-8-17(16)24-21(25-18)26-11-3-4-12-26/h9-10,15H,1-8,11-14H2,(H,22,23)/t15-/m1/s1. The lowest BCUT2D eigenvalue weighted by Gasteiger charge is -2.32. The van der Waals surface area contributed by atoms with E-state index in [0.29, 0.717) is 12.2 Å². The molecular formula is C21H28N6O. The molecule has 0 aromatic carbocycles. The molecule has 0 saturated carbocycles. The minimum atomic E-state index is 0.0808. The molecule has 7 heteroatoms. The van der Waals surface area contributed by atoms with E-state index in [9.17, 15) is 4.79 Å². The first-order valence-corrected chi connectivity index (χ1v) is 10.7. The molecule has 0 unspecified atom stereocenters. The van der Waals surface area contributed by atoms with Gasteiger partial charge in [0.1, 0.15) is 11.5 Å². The van der Waals surface area contributed by atoms with Crippen LogP contribution < -0.4 is 4.90 Å². The first-order chi connectivity index (χ1) is 13.8. The van der Waals surface area contributed by atoms with Gasteiger partial charge in [0.25, 0.3) is 5.91 Å². The van der Waals surface area contributed by atoms with E-state index in [1.807, 2.05) is 11.1 Å². The van der Waals surface area contributed by atoms with Crippen LogP contribution in [0.1, 0.15) is 72.0 Å². The highest BCUT2D eigenvalue weighted by Crippen LogP contribution is 2.29. The average Bonchev–Trinajstić information content (AvgIpc) is 3.47. The molecule has 2 aliphatic heterocycles. The molecule has 1 amide bonds. The summed E-state index contributed by atoms with van der Waals surface area (Å²) >= 11 is 0. The molecule has 7 nitrogen and oxygen atoms in total. The summed E-state index contributed by atoms with van der Waals surface area (Å²) in [5.41, 5.74) is 2.86. The lowest BCUT2D eigenvalue weighted by atomic mass is 9.93. The van der Waals surface area contributed by atoms with Crippen LogP contribution in [-0.4, -0.2) is 56.9 Å². The predicted octanol–water partition coefficient (Wildman–Crippen LogP) is 2.70. The van der Waals surface area contributed by atoms with Crippen LogP contribution in [0.15, 0.2) is 12.4 Å². The molecule has 3 aliphatic rings. The van der Waals surface area contributed by atoms with E-state index in [0.717, 1.165) is 81.2 Å². The first kappa shape index (κ1) is 17.6. The van der Waals surface area contributed by atoms with Crippen LogP contribution in [0, 0.1) is 0 Å². The Morgan fingerprint density at radius 1 is 1.04 bits per heavy atom. The number of H-pyrrole nitrogens is 1. The second-order valence-corrected chi connectivity index (χ2v) is 8.26. The van der Waals surface area contributed by atoms with Gasteiger partial charge in [-0.05, 0) is 51.4 Å². The average molecular weight is 380 g/mol. The van der Waals surface area contributed by atoms with Crippen molar-refractivity contribution >= 4 is 11.9 Å². The van der Waals surface area contributed by atoms with Gasteiger partial charge in [0, 0.05) is 55.7 Å². The van der Waals surface area contributed by atoms with Crippen molar-refractivity contribution in [1.29, 1.82) is 0 Å². The van der Waals surface area contributed by atoms with Gasteiger partial charge in [0.2, 0.25) is 5.95 Å². The summed E-state index contributed by atoms with van der Waals surface area (Å²) in [6.07, 6.45) is 12.2. The van der Waals surface area contributed by atoms with Crippen molar-refractivity contribution in [3.63, 3.8) is 0 Å². The summed E-state index contributed by atoms with van der Waals surface area (Å²) in [7, 11) is 0. The highest BCUT2D eigenvalue weighted by atomic mass is 16.2. The molecular weight excluding hydrogens is 352 g/mol. The fourth-order valence-electron chi connectivity index (χ4n) is 4.85. The number of hydrogen-bond acceptors (Lipinski definition) is 5. The number of aromatic nitrogens is 4. The molecule has 1 atom stereocenters. The van der Waals surface area contributed by atoms with Gasteiger partial charge < -0.3 is 14.8 Å². The Labute approximate surface area is 165 Å². The maximum Gasteiger partial charge on any atom is 0.272 e. The lowest BCUT2D eigenvalue weighted by molar-refractivity contribution is 0.0697. The number of aromatic amines is 1. The third kappa shape index (κ3) is 3.27. The van der Waals surface area contributed by atoms with E-state index < -0.39 is 0 Å². The number of nitrogens with zero attached hydrogens (tertiary/aromatic N) is 5. The number of carbonyl (C=O) groups excluding carboxylic acids is 1. The van der Waals surface area contributed by atoms with Gasteiger partial charge in [-0.3, -0.25) is 4.79 Å². The van der Waals surface area contributed by atoms with Gasteiger partial charge in [-0.2, -0.15) is 0 Å². The van der Waals surface area contributed by atoms with E-state index >= 15 is 0 Å². The van der Waals surface area contributed by atoms with Crippen molar-refractivity contribution < 1.29 is 4.79 Å².